The van der Waals surface area contributed by atoms with Crippen LogP contribution in [0.1, 0.15) is 71.7 Å². The summed E-state index contributed by atoms with van der Waals surface area (Å²) in [6.45, 7) is 2.28. The van der Waals surface area contributed by atoms with E-state index in [-0.39, 0.29) is 11.9 Å². The Morgan fingerprint density at radius 1 is 1.18 bits per heavy atom. The molecule has 2 bridgehead atoms. The van der Waals surface area contributed by atoms with Crippen LogP contribution in [0.15, 0.2) is 40.9 Å². The maximum Gasteiger partial charge on any atom is 0.335 e. The van der Waals surface area contributed by atoms with Gasteiger partial charge in [-0.2, -0.15) is 0 Å². The number of hydrogen-bond acceptors (Lipinski definition) is 7. The molecule has 7 nitrogen and oxygen atoms in total. The fourth-order valence-electron chi connectivity index (χ4n) is 6.19. The molecule has 1 aliphatic carbocycles. The van der Waals surface area contributed by atoms with E-state index in [0.29, 0.717) is 41.4 Å². The van der Waals surface area contributed by atoms with E-state index in [9.17, 15) is 14.3 Å². The second-order valence-corrected chi connectivity index (χ2v) is 11.8. The summed E-state index contributed by atoms with van der Waals surface area (Å²) in [5.41, 5.74) is 3.95. The van der Waals surface area contributed by atoms with E-state index in [2.05, 4.69) is 10.1 Å². The van der Waals surface area contributed by atoms with Gasteiger partial charge in [-0.05, 0) is 75.3 Å². The van der Waals surface area contributed by atoms with E-state index in [0.717, 1.165) is 70.8 Å². The Bertz CT molecular complexity index is 1530. The van der Waals surface area contributed by atoms with E-state index in [1.807, 2.05) is 13.0 Å². The summed E-state index contributed by atoms with van der Waals surface area (Å²) in [5, 5.41) is 14.7. The van der Waals surface area contributed by atoms with Crippen molar-refractivity contribution in [3.8, 4) is 11.3 Å². The van der Waals surface area contributed by atoms with Gasteiger partial charge in [-0.15, -0.1) is 0 Å². The van der Waals surface area contributed by atoms with E-state index >= 15 is 0 Å². The number of fused-ring (bicyclic) bond motifs is 3. The molecular formula is C29H28FN3O4S. The quantitative estimate of drug-likeness (QED) is 0.283. The zero-order valence-corrected chi connectivity index (χ0v) is 21.8. The molecule has 1 saturated carbocycles. The Kier molecular flexibility index (Phi) is 5.74. The molecule has 0 amide bonds. The summed E-state index contributed by atoms with van der Waals surface area (Å²) in [6.07, 6.45) is 6.18. The van der Waals surface area contributed by atoms with Crippen molar-refractivity contribution in [1.29, 1.82) is 0 Å². The van der Waals surface area contributed by atoms with Crippen LogP contribution in [0.25, 0.3) is 21.5 Å². The monoisotopic (exact) mass is 533 g/mol. The third-order valence-electron chi connectivity index (χ3n) is 8.19. The van der Waals surface area contributed by atoms with Gasteiger partial charge in [0.2, 0.25) is 0 Å². The molecule has 2 aromatic heterocycles. The Labute approximate surface area is 223 Å². The summed E-state index contributed by atoms with van der Waals surface area (Å²) in [6, 6.07) is 10.8. The van der Waals surface area contributed by atoms with Crippen molar-refractivity contribution >= 4 is 32.7 Å². The Hall–Kier alpha value is -3.30. The zero-order chi connectivity index (χ0) is 26.0. The maximum atomic E-state index is 14.6. The molecule has 4 aromatic rings. The standard InChI is InChI=1S/C29H28FN3O4S/c1-15-10-17(28(34)35)11-24-25(15)31-29(38-24)33-18-8-9-19(33)13-20(12-18)36-14-22-26(21-4-2-3-5-23(21)30)32-37-27(22)16-6-7-16/h2-5,10-11,16,18-20H,6-9,12-14H2,1H3,(H,34,35)/t18-,19?,20?/m0/s1. The third-order valence-corrected chi connectivity index (χ3v) is 9.21. The van der Waals surface area contributed by atoms with Gasteiger partial charge in [0, 0.05) is 29.1 Å². The topological polar surface area (TPSA) is 88.7 Å². The van der Waals surface area contributed by atoms with Gasteiger partial charge in [0.05, 0.1) is 28.5 Å². The van der Waals surface area contributed by atoms with Crippen molar-refractivity contribution < 1.29 is 23.6 Å². The minimum absolute atomic E-state index is 0.0916. The molecule has 2 aliphatic heterocycles. The predicted octanol–water partition coefficient (Wildman–Crippen LogP) is 6.69. The number of thiazole rings is 1. The molecule has 3 aliphatic rings. The van der Waals surface area contributed by atoms with Crippen molar-refractivity contribution in [1.82, 2.24) is 10.1 Å². The Balaban J connectivity index is 1.10. The number of carboxylic acids is 1. The lowest BCUT2D eigenvalue weighted by Gasteiger charge is -2.38. The second-order valence-electron chi connectivity index (χ2n) is 10.8. The molecule has 7 rings (SSSR count). The van der Waals surface area contributed by atoms with Crippen LogP contribution in [0, 0.1) is 12.7 Å². The first kappa shape index (κ1) is 23.8. The third kappa shape index (κ3) is 4.08. The van der Waals surface area contributed by atoms with Crippen LogP contribution < -0.4 is 4.90 Å². The molecule has 2 aromatic carbocycles. The number of anilines is 1. The highest BCUT2D eigenvalue weighted by Gasteiger charge is 2.43. The van der Waals surface area contributed by atoms with Gasteiger partial charge in [0.25, 0.3) is 0 Å². The molecule has 0 radical (unpaired) electrons. The lowest BCUT2D eigenvalue weighted by molar-refractivity contribution is 0.0147. The first-order valence-corrected chi connectivity index (χ1v) is 14.1. The fraction of sp³-hybridized carbons (Fsp3) is 0.414. The summed E-state index contributed by atoms with van der Waals surface area (Å²) in [5.74, 6) is -0.0332. The number of aryl methyl sites for hydroxylation is 1. The molecule has 3 fully saturated rings. The Morgan fingerprint density at radius 3 is 2.66 bits per heavy atom. The minimum Gasteiger partial charge on any atom is -0.478 e. The number of carbonyl (C=O) groups is 1. The fourth-order valence-corrected chi connectivity index (χ4v) is 7.41. The van der Waals surface area contributed by atoms with Crippen LogP contribution in [0.2, 0.25) is 0 Å². The molecule has 2 saturated heterocycles. The molecule has 0 spiro atoms. The van der Waals surface area contributed by atoms with E-state index in [1.54, 1.807) is 35.6 Å². The van der Waals surface area contributed by atoms with Crippen molar-refractivity contribution in [2.24, 2.45) is 0 Å². The summed E-state index contributed by atoms with van der Waals surface area (Å²) in [7, 11) is 0. The zero-order valence-electron chi connectivity index (χ0n) is 21.0. The molecule has 196 valence electrons. The molecule has 1 N–H and O–H groups in total. The van der Waals surface area contributed by atoms with Gasteiger partial charge < -0.3 is 19.3 Å². The highest BCUT2D eigenvalue weighted by molar-refractivity contribution is 7.22. The maximum absolute atomic E-state index is 14.6. The highest BCUT2D eigenvalue weighted by atomic mass is 32.1. The number of aromatic carboxylic acids is 1. The number of carboxylic acid groups (broad SMARTS) is 1. The number of benzene rings is 2. The lowest BCUT2D eigenvalue weighted by atomic mass is 10.00. The molecule has 9 heteroatoms. The SMILES string of the molecule is Cc1cc(C(=O)O)cc2sc(N3C4CC[C@H]3CC(OCc3c(-c5ccccc5F)noc3C3CC3)C4)nc12. The van der Waals surface area contributed by atoms with Crippen LogP contribution in [-0.4, -0.2) is 39.4 Å². The van der Waals surface area contributed by atoms with Crippen LogP contribution in [-0.2, 0) is 11.3 Å². The van der Waals surface area contributed by atoms with Gasteiger partial charge in [-0.25, -0.2) is 14.2 Å². The molecule has 2 unspecified atom stereocenters. The molecule has 4 heterocycles. The van der Waals surface area contributed by atoms with Gasteiger partial charge in [-0.1, -0.05) is 28.6 Å². The first-order chi connectivity index (χ1) is 18.5. The van der Waals surface area contributed by atoms with E-state index in [1.165, 1.54) is 6.07 Å². The van der Waals surface area contributed by atoms with Crippen LogP contribution in [0.4, 0.5) is 9.52 Å². The van der Waals surface area contributed by atoms with Gasteiger partial charge >= 0.3 is 5.97 Å². The van der Waals surface area contributed by atoms with Gasteiger partial charge in [0.1, 0.15) is 17.3 Å². The van der Waals surface area contributed by atoms with Crippen molar-refractivity contribution in [3.05, 3.63) is 64.7 Å². The number of nitrogens with zero attached hydrogens (tertiary/aromatic N) is 3. The highest BCUT2D eigenvalue weighted by Crippen LogP contribution is 2.46. The summed E-state index contributed by atoms with van der Waals surface area (Å²) in [4.78, 5) is 18.9. The number of halogens is 1. The number of hydrogen-bond donors (Lipinski definition) is 1. The largest absolute Gasteiger partial charge is 0.478 e. The minimum atomic E-state index is -0.918. The number of rotatable bonds is 7. The van der Waals surface area contributed by atoms with E-state index < -0.39 is 5.97 Å². The molecule has 3 atom stereocenters. The second kappa shape index (κ2) is 9.17. The predicted molar refractivity (Wildman–Crippen MR) is 142 cm³/mol. The number of aromatic nitrogens is 2. The van der Waals surface area contributed by atoms with Gasteiger partial charge in [0.15, 0.2) is 5.13 Å². The first-order valence-electron chi connectivity index (χ1n) is 13.2. The van der Waals surface area contributed by atoms with Crippen LogP contribution in [0.3, 0.4) is 0 Å². The lowest BCUT2D eigenvalue weighted by Crippen LogP contribution is -2.45. The molecular weight excluding hydrogens is 505 g/mol. The average Bonchev–Trinajstić information content (AvgIpc) is 3.41. The smallest absolute Gasteiger partial charge is 0.335 e. The van der Waals surface area contributed by atoms with E-state index in [4.69, 9.17) is 14.2 Å². The number of piperidine rings is 1. The van der Waals surface area contributed by atoms with Crippen LogP contribution in [0.5, 0.6) is 0 Å². The van der Waals surface area contributed by atoms with Gasteiger partial charge in [-0.3, -0.25) is 0 Å². The number of ether oxygens (including phenoxy) is 1. The summed E-state index contributed by atoms with van der Waals surface area (Å²) < 4.78 is 27.7. The van der Waals surface area contributed by atoms with Crippen LogP contribution >= 0.6 is 11.3 Å². The molecule has 38 heavy (non-hydrogen) atoms. The Morgan fingerprint density at radius 2 is 1.95 bits per heavy atom. The van der Waals surface area contributed by atoms with Crippen molar-refractivity contribution in [2.45, 2.75) is 76.2 Å². The van der Waals surface area contributed by atoms with Crippen molar-refractivity contribution in [2.75, 3.05) is 4.90 Å². The van der Waals surface area contributed by atoms with Crippen molar-refractivity contribution in [3.63, 3.8) is 0 Å². The normalized spacial score (nSPS) is 22.9. The summed E-state index contributed by atoms with van der Waals surface area (Å²) >= 11 is 1.58. The average molecular weight is 534 g/mol.